The molecule has 104 heavy (non-hydrogen) atoms. The van der Waals surface area contributed by atoms with Crippen molar-refractivity contribution in [2.75, 3.05) is 32.7 Å². The Labute approximate surface area is 612 Å². The summed E-state index contributed by atoms with van der Waals surface area (Å²) in [6, 6.07) is -11.4. The first kappa shape index (κ1) is 93.9. The average Bonchev–Trinajstić information content (AvgIpc) is 0.846. The molecule has 592 valence electrons. The highest BCUT2D eigenvalue weighted by atomic mass is 16.4. The van der Waals surface area contributed by atoms with Gasteiger partial charge < -0.3 is 114 Å². The molecule has 0 bridgehead atoms. The largest absolute Gasteiger partial charge is 0.508 e. The van der Waals surface area contributed by atoms with Gasteiger partial charge in [-0.3, -0.25) is 57.5 Å². The fourth-order valence-electron chi connectivity index (χ4n) is 10.9. The van der Waals surface area contributed by atoms with Crippen molar-refractivity contribution in [3.63, 3.8) is 0 Å². The lowest BCUT2D eigenvalue weighted by Crippen LogP contribution is -2.62. The van der Waals surface area contributed by atoms with E-state index >= 15 is 0 Å². The number of nitrogens with one attached hydrogen (secondary N) is 12. The van der Waals surface area contributed by atoms with Gasteiger partial charge in [-0.2, -0.15) is 0 Å². The van der Waals surface area contributed by atoms with Crippen LogP contribution >= 0.6 is 0 Å². The van der Waals surface area contributed by atoms with E-state index in [1.54, 1.807) is 55.4 Å². The van der Waals surface area contributed by atoms with Crippen LogP contribution in [0.5, 0.6) is 5.75 Å². The van der Waals surface area contributed by atoms with Gasteiger partial charge in [0.2, 0.25) is 70.9 Å². The van der Waals surface area contributed by atoms with Crippen molar-refractivity contribution in [3.8, 4) is 5.75 Å². The lowest BCUT2D eigenvalue weighted by molar-refractivity contribution is -0.142. The molecule has 0 spiro atoms. The van der Waals surface area contributed by atoms with Crippen LogP contribution in [0.2, 0.25) is 0 Å². The Morgan fingerprint density at radius 2 is 0.625 bits per heavy atom. The third-order valence-electron chi connectivity index (χ3n) is 17.3. The number of aliphatic hydroxyl groups excluding tert-OH is 1. The summed E-state index contributed by atoms with van der Waals surface area (Å²) in [5.74, 6) is -13.2. The summed E-state index contributed by atoms with van der Waals surface area (Å²) in [4.78, 5) is 180. The van der Waals surface area contributed by atoms with E-state index in [4.69, 9.17) is 34.4 Å². The second-order valence-corrected chi connectivity index (χ2v) is 28.1. The molecule has 1 aromatic carbocycles. The lowest BCUT2D eigenvalue weighted by Gasteiger charge is -2.30. The summed E-state index contributed by atoms with van der Waals surface area (Å²) in [6.07, 6.45) is 3.93. The Bertz CT molecular complexity index is 2870. The van der Waals surface area contributed by atoms with E-state index < -0.39 is 179 Å². The number of phenols is 1. The molecule has 14 atom stereocenters. The fourth-order valence-corrected chi connectivity index (χ4v) is 10.9. The minimum atomic E-state index is -1.78. The molecule has 0 unspecified atom stereocenters. The third-order valence-corrected chi connectivity index (χ3v) is 17.3. The molecule has 0 aromatic heterocycles. The summed E-state index contributed by atoms with van der Waals surface area (Å²) in [7, 11) is 0. The zero-order valence-electron chi connectivity index (χ0n) is 62.9. The first-order valence-corrected chi connectivity index (χ1v) is 36.6. The van der Waals surface area contributed by atoms with E-state index in [1.807, 2.05) is 0 Å². The number of benzene rings is 1. The number of unbranched alkanes of at least 4 members (excludes halogenated alkanes) is 5. The lowest BCUT2D eigenvalue weighted by atomic mass is 9.98. The van der Waals surface area contributed by atoms with Gasteiger partial charge in [0.05, 0.1) is 12.1 Å². The summed E-state index contributed by atoms with van der Waals surface area (Å²) in [5, 5.41) is 62.1. The van der Waals surface area contributed by atoms with Crippen LogP contribution < -0.4 is 98.2 Å². The van der Waals surface area contributed by atoms with Crippen LogP contribution in [0, 0.1) is 23.7 Å². The van der Waals surface area contributed by atoms with Crippen molar-refractivity contribution in [1.29, 1.82) is 0 Å². The molecule has 0 fully saturated rings. The molecule has 27 N–H and O–H groups in total. The van der Waals surface area contributed by atoms with Crippen molar-refractivity contribution >= 4 is 76.9 Å². The highest BCUT2D eigenvalue weighted by Gasteiger charge is 2.39. The van der Waals surface area contributed by atoms with Crippen LogP contribution in [0.1, 0.15) is 184 Å². The number of hydrogen-bond donors (Lipinski definition) is 21. The van der Waals surface area contributed by atoms with Crippen molar-refractivity contribution in [1.82, 2.24) is 63.8 Å². The van der Waals surface area contributed by atoms with Crippen LogP contribution in [0.15, 0.2) is 24.3 Å². The van der Waals surface area contributed by atoms with Gasteiger partial charge in [-0.05, 0) is 191 Å². The number of rotatable bonds is 53. The topological polar surface area (TPSA) is 583 Å². The normalized spacial score (nSPS) is 15.5. The number of aliphatic hydroxyl groups is 1. The Kier molecular flexibility index (Phi) is 45.4. The van der Waals surface area contributed by atoms with Crippen molar-refractivity contribution in [2.24, 2.45) is 58.1 Å². The van der Waals surface area contributed by atoms with E-state index in [1.165, 1.54) is 45.0 Å². The van der Waals surface area contributed by atoms with E-state index in [0.29, 0.717) is 95.8 Å². The first-order valence-electron chi connectivity index (χ1n) is 36.6. The monoisotopic (exact) mass is 1470 g/mol. The number of amides is 12. The molecule has 0 saturated heterocycles. The Morgan fingerprint density at radius 1 is 0.337 bits per heavy atom. The Morgan fingerprint density at radius 3 is 1.02 bits per heavy atom. The molecule has 12 amide bonds. The first-order chi connectivity index (χ1) is 49.0. The van der Waals surface area contributed by atoms with Crippen LogP contribution in [0.4, 0.5) is 0 Å². The van der Waals surface area contributed by atoms with Gasteiger partial charge in [0, 0.05) is 6.42 Å². The molecule has 0 radical (unpaired) electrons. The van der Waals surface area contributed by atoms with Crippen LogP contribution in [0.25, 0.3) is 0 Å². The van der Waals surface area contributed by atoms with Gasteiger partial charge in [-0.15, -0.1) is 0 Å². The summed E-state index contributed by atoms with van der Waals surface area (Å²) >= 11 is 0. The van der Waals surface area contributed by atoms with Crippen LogP contribution in [-0.4, -0.2) is 210 Å². The standard InChI is InChI=1S/C70H126N18O16/c1-38(2)36-52(64(97)82-51(70(103)104)26-16-21-35-75)83-67(100)55(40(5)6)86-65(98)53(37-45-27-29-46(90)30-28-45)84-69(102)57(44(11)89)88-59(92)43(10)77-58(91)42(9)78-66(99)54(39(3)4)87-68(101)56(41(7)8)85-63(96)50(25-15-20-34-74)81-62(95)49(24-14-19-33-73)80-61(94)48(23-13-18-32-72)79-60(93)47(76)22-12-17-31-71/h27-30,38-44,47-57,89-90H,12-26,31-37,71-76H2,1-11H3,(H,77,91)(H,78,99)(H,79,93)(H,80,94)(H,81,95)(H,82,97)(H,83,100)(H,84,102)(H,85,96)(H,86,98)(H,87,101)(H,88,92)(H,103,104)/t42-,43-,44+,47-,48-,49-,50-,51-,52-,53-,54-,55-,56-,57-/m0/s1. The number of aromatic hydroxyl groups is 1. The molecule has 34 nitrogen and oxygen atoms in total. The molecular formula is C70H126N18O16. The third kappa shape index (κ3) is 35.6. The molecule has 0 aliphatic heterocycles. The highest BCUT2D eigenvalue weighted by molar-refractivity contribution is 6.00. The van der Waals surface area contributed by atoms with Crippen molar-refractivity contribution < 1.29 is 77.6 Å². The Balaban J connectivity index is 3.38. The smallest absolute Gasteiger partial charge is 0.326 e. The fraction of sp³-hybridized carbons (Fsp3) is 0.729. The number of carboxylic acids is 1. The number of phenolic OH excluding ortho intramolecular Hbond substituents is 1. The molecule has 1 rings (SSSR count). The zero-order chi connectivity index (χ0) is 78.9. The molecule has 0 aliphatic rings. The number of nitrogens with two attached hydrogens (primary N) is 6. The number of hydrogen-bond acceptors (Lipinski definition) is 21. The summed E-state index contributed by atoms with van der Waals surface area (Å²) in [5.41, 5.74) is 35.1. The van der Waals surface area contributed by atoms with Gasteiger partial charge in [0.15, 0.2) is 0 Å². The number of carboxylic acid groups (broad SMARTS) is 1. The zero-order valence-corrected chi connectivity index (χ0v) is 62.9. The number of carbonyl (C=O) groups is 13. The number of aliphatic carboxylic acids is 1. The predicted molar refractivity (Wildman–Crippen MR) is 392 cm³/mol. The minimum Gasteiger partial charge on any atom is -0.508 e. The molecule has 0 heterocycles. The van der Waals surface area contributed by atoms with Gasteiger partial charge in [-0.1, -0.05) is 73.9 Å². The van der Waals surface area contributed by atoms with E-state index in [0.717, 1.165) is 0 Å². The SMILES string of the molecule is CC(C)C[C@H](NC(=O)[C@@H](NC(=O)[C@H](Cc1ccc(O)cc1)NC(=O)[C@@H](NC(=O)[C@H](C)NC(=O)[C@H](C)NC(=O)[C@@H](NC(=O)[C@@H](NC(=O)[C@H](CCCCN)NC(=O)[C@H](CCCCN)NC(=O)[C@H](CCCCN)NC(=O)[C@@H](N)CCCCN)C(C)C)C(C)C)[C@@H](C)O)C(C)C)C(=O)N[C@@H](CCCCN)C(=O)O. The number of carbonyl (C=O) groups excluding carboxylic acids is 12. The van der Waals surface area contributed by atoms with E-state index in [9.17, 15) is 77.6 Å². The molecule has 34 heteroatoms. The molecule has 1 aromatic rings. The van der Waals surface area contributed by atoms with Crippen molar-refractivity contribution in [3.05, 3.63) is 29.8 Å². The van der Waals surface area contributed by atoms with Crippen molar-refractivity contribution in [2.45, 2.75) is 270 Å². The summed E-state index contributed by atoms with van der Waals surface area (Å²) in [6.45, 7) is 18.7. The maximum Gasteiger partial charge on any atom is 0.326 e. The van der Waals surface area contributed by atoms with Gasteiger partial charge in [-0.25, -0.2) is 4.79 Å². The maximum absolute atomic E-state index is 14.4. The van der Waals surface area contributed by atoms with Crippen LogP contribution in [0.3, 0.4) is 0 Å². The van der Waals surface area contributed by atoms with Gasteiger partial charge in [0.25, 0.3) is 0 Å². The minimum absolute atomic E-state index is 0.0655. The summed E-state index contributed by atoms with van der Waals surface area (Å²) < 4.78 is 0. The predicted octanol–water partition coefficient (Wildman–Crippen LogP) is -2.76. The average molecular weight is 1480 g/mol. The molecule has 0 saturated carbocycles. The van der Waals surface area contributed by atoms with E-state index in [2.05, 4.69) is 63.8 Å². The van der Waals surface area contributed by atoms with E-state index in [-0.39, 0.29) is 63.3 Å². The van der Waals surface area contributed by atoms with Gasteiger partial charge in [0.1, 0.15) is 78.3 Å². The Hall–Kier alpha value is -8.15. The van der Waals surface area contributed by atoms with Crippen LogP contribution in [-0.2, 0) is 68.7 Å². The quantitative estimate of drug-likeness (QED) is 0.0294. The molecule has 0 aliphatic carbocycles. The second-order valence-electron chi connectivity index (χ2n) is 28.1. The maximum atomic E-state index is 14.4. The highest BCUT2D eigenvalue weighted by Crippen LogP contribution is 2.17. The van der Waals surface area contributed by atoms with Gasteiger partial charge >= 0.3 is 5.97 Å². The second kappa shape index (κ2) is 50.3. The molecular weight excluding hydrogens is 1350 g/mol.